The largest absolute Gasteiger partial charge is 0.434 e. The fraction of sp³-hybridized carbons (Fsp3) is 0.0952. The molecule has 0 fully saturated rings. The smallest absolute Gasteiger partial charge is 0.373 e. The van der Waals surface area contributed by atoms with Gasteiger partial charge in [0.25, 0.3) is 0 Å². The van der Waals surface area contributed by atoms with Crippen molar-refractivity contribution in [1.82, 2.24) is 15.0 Å². The van der Waals surface area contributed by atoms with E-state index >= 15 is 0 Å². The Labute approximate surface area is 176 Å². The molecule has 0 aliphatic heterocycles. The van der Waals surface area contributed by atoms with E-state index in [0.29, 0.717) is 16.5 Å². The molecule has 1 N–H and O–H groups in total. The first kappa shape index (κ1) is 19.5. The van der Waals surface area contributed by atoms with Crippen LogP contribution in [-0.2, 0) is 0 Å². The molecule has 2 aromatic heterocycles. The summed E-state index contributed by atoms with van der Waals surface area (Å²) in [6, 6.07) is 14.2. The molecule has 0 saturated carbocycles. The van der Waals surface area contributed by atoms with Gasteiger partial charge in [0.05, 0.1) is 10.4 Å². The minimum absolute atomic E-state index is 0.0174. The van der Waals surface area contributed by atoms with Crippen molar-refractivity contribution in [2.45, 2.75) is 13.8 Å². The maximum atomic E-state index is 11.8. The lowest BCUT2D eigenvalue weighted by Crippen LogP contribution is -2.04. The number of anilines is 2. The van der Waals surface area contributed by atoms with Crippen LogP contribution in [0.4, 0.5) is 17.2 Å². The molecule has 0 saturated heterocycles. The molecular weight excluding hydrogens is 406 g/mol. The van der Waals surface area contributed by atoms with Gasteiger partial charge in [0.2, 0.25) is 5.82 Å². The number of nitro groups is 1. The number of nitrogens with one attached hydrogen (secondary N) is 1. The zero-order valence-electron chi connectivity index (χ0n) is 16.1. The molecule has 30 heavy (non-hydrogen) atoms. The third kappa shape index (κ3) is 3.85. The maximum Gasteiger partial charge on any atom is 0.373 e. The Balaban J connectivity index is 1.75. The molecular formula is C21H16ClN5O3. The van der Waals surface area contributed by atoms with Crippen LogP contribution in [0.25, 0.3) is 10.9 Å². The second-order valence-corrected chi connectivity index (χ2v) is 7.00. The molecule has 9 heteroatoms. The number of nitrogens with zero attached hydrogens (tertiary/aromatic N) is 4. The Morgan fingerprint density at radius 1 is 1.10 bits per heavy atom. The van der Waals surface area contributed by atoms with Crippen LogP contribution in [-0.4, -0.2) is 19.9 Å². The number of pyridine rings is 1. The van der Waals surface area contributed by atoms with E-state index in [1.54, 1.807) is 24.3 Å². The Bertz CT molecular complexity index is 1280. The topological polar surface area (TPSA) is 103 Å². The highest BCUT2D eigenvalue weighted by Gasteiger charge is 2.25. The first-order chi connectivity index (χ1) is 14.4. The van der Waals surface area contributed by atoms with Crippen molar-refractivity contribution in [3.8, 4) is 11.6 Å². The summed E-state index contributed by atoms with van der Waals surface area (Å²) >= 11 is 6.03. The van der Waals surface area contributed by atoms with E-state index in [2.05, 4.69) is 20.3 Å². The molecule has 0 amide bonds. The van der Waals surface area contributed by atoms with Crippen molar-refractivity contribution in [2.75, 3.05) is 5.32 Å². The Hall–Kier alpha value is -3.78. The van der Waals surface area contributed by atoms with Crippen LogP contribution < -0.4 is 10.1 Å². The second-order valence-electron chi connectivity index (χ2n) is 6.60. The van der Waals surface area contributed by atoms with Crippen LogP contribution in [0.3, 0.4) is 0 Å². The summed E-state index contributed by atoms with van der Waals surface area (Å²) in [4.78, 5) is 23.8. The van der Waals surface area contributed by atoms with Crippen LogP contribution in [0.15, 0.2) is 54.9 Å². The highest BCUT2D eigenvalue weighted by molar-refractivity contribution is 6.31. The lowest BCUT2D eigenvalue weighted by atomic mass is 10.1. The van der Waals surface area contributed by atoms with Crippen LogP contribution in [0, 0.1) is 24.0 Å². The van der Waals surface area contributed by atoms with Crippen LogP contribution in [0.5, 0.6) is 11.6 Å². The Morgan fingerprint density at radius 3 is 2.70 bits per heavy atom. The molecule has 0 atom stereocenters. The molecule has 0 aliphatic carbocycles. The predicted octanol–water partition coefficient (Wildman–Crippen LogP) is 5.74. The van der Waals surface area contributed by atoms with Crippen molar-refractivity contribution in [3.05, 3.63) is 81.3 Å². The van der Waals surface area contributed by atoms with E-state index in [1.165, 1.54) is 6.33 Å². The van der Waals surface area contributed by atoms with E-state index < -0.39 is 4.92 Å². The Morgan fingerprint density at radius 2 is 1.93 bits per heavy atom. The molecule has 4 rings (SSSR count). The molecule has 0 spiro atoms. The molecule has 0 aliphatic rings. The molecule has 0 radical (unpaired) electrons. The first-order valence-electron chi connectivity index (χ1n) is 8.99. The maximum absolute atomic E-state index is 11.8. The fourth-order valence-corrected chi connectivity index (χ4v) is 3.10. The van der Waals surface area contributed by atoms with Gasteiger partial charge in [-0.15, -0.1) is 0 Å². The monoisotopic (exact) mass is 421 g/mol. The van der Waals surface area contributed by atoms with Crippen LogP contribution in [0.1, 0.15) is 11.3 Å². The van der Waals surface area contributed by atoms with Crippen molar-refractivity contribution in [3.63, 3.8) is 0 Å². The van der Waals surface area contributed by atoms with E-state index in [-0.39, 0.29) is 17.4 Å². The number of aryl methyl sites for hydroxylation is 2. The molecule has 2 aromatic carbocycles. The predicted molar refractivity (Wildman–Crippen MR) is 115 cm³/mol. The summed E-state index contributed by atoms with van der Waals surface area (Å²) in [6.07, 6.45) is 1.21. The first-order valence-corrected chi connectivity index (χ1v) is 9.37. The number of aromatic nitrogens is 3. The van der Waals surface area contributed by atoms with E-state index in [1.807, 2.05) is 38.1 Å². The van der Waals surface area contributed by atoms with Gasteiger partial charge in [0, 0.05) is 21.8 Å². The number of halogens is 1. The minimum Gasteiger partial charge on any atom is -0.434 e. The van der Waals surface area contributed by atoms with Crippen LogP contribution >= 0.6 is 11.6 Å². The number of hydrogen-bond donors (Lipinski definition) is 1. The van der Waals surface area contributed by atoms with E-state index in [4.69, 9.17) is 16.3 Å². The zero-order valence-corrected chi connectivity index (χ0v) is 16.8. The van der Waals surface area contributed by atoms with Crippen molar-refractivity contribution >= 4 is 39.7 Å². The van der Waals surface area contributed by atoms with Gasteiger partial charge in [-0.05, 0) is 61.9 Å². The Kier molecular flexibility index (Phi) is 5.16. The van der Waals surface area contributed by atoms with Gasteiger partial charge in [-0.25, -0.2) is 4.98 Å². The fourth-order valence-electron chi connectivity index (χ4n) is 2.98. The number of fused-ring (bicyclic) bond motifs is 1. The molecule has 0 bridgehead atoms. The minimum atomic E-state index is -0.575. The van der Waals surface area contributed by atoms with E-state index in [9.17, 15) is 10.1 Å². The molecule has 2 heterocycles. The van der Waals surface area contributed by atoms with E-state index in [0.717, 1.165) is 22.2 Å². The average molecular weight is 422 g/mol. The van der Waals surface area contributed by atoms with Gasteiger partial charge in [0.1, 0.15) is 12.1 Å². The molecule has 0 unspecified atom stereocenters. The normalized spacial score (nSPS) is 10.8. The van der Waals surface area contributed by atoms with Crippen LogP contribution in [0.2, 0.25) is 5.02 Å². The lowest BCUT2D eigenvalue weighted by molar-refractivity contribution is -0.385. The molecule has 4 aromatic rings. The zero-order chi connectivity index (χ0) is 21.3. The van der Waals surface area contributed by atoms with Gasteiger partial charge < -0.3 is 10.1 Å². The molecule has 8 nitrogen and oxygen atoms in total. The number of rotatable bonds is 5. The van der Waals surface area contributed by atoms with Gasteiger partial charge >= 0.3 is 11.6 Å². The summed E-state index contributed by atoms with van der Waals surface area (Å²) in [5.41, 5.74) is 2.69. The summed E-state index contributed by atoms with van der Waals surface area (Å²) in [5, 5.41) is 16.2. The number of benzene rings is 2. The van der Waals surface area contributed by atoms with Gasteiger partial charge in [-0.2, -0.15) is 4.98 Å². The van der Waals surface area contributed by atoms with Gasteiger partial charge in [-0.1, -0.05) is 17.7 Å². The number of ether oxygens (including phenoxy) is 1. The number of hydrogen-bond acceptors (Lipinski definition) is 7. The third-order valence-corrected chi connectivity index (χ3v) is 4.86. The third-order valence-electron chi connectivity index (χ3n) is 4.44. The quantitative estimate of drug-likeness (QED) is 0.323. The standard InChI is InChI=1S/C21H16ClN5O3/c1-12-10-14(7-9-16(12)22)30-21-19(27(28)29)20(23-11-24-21)26-18-5-3-4-17-15(18)8-6-13(2)25-17/h3-11H,1-2H3,(H,23,24,26). The SMILES string of the molecule is Cc1ccc2c(Nc3ncnc(Oc4ccc(Cl)c(C)c4)c3[N+](=O)[O-])cccc2n1. The highest BCUT2D eigenvalue weighted by Crippen LogP contribution is 2.37. The second kappa shape index (κ2) is 7.92. The highest BCUT2D eigenvalue weighted by atomic mass is 35.5. The average Bonchev–Trinajstić information content (AvgIpc) is 2.70. The molecule has 150 valence electrons. The summed E-state index contributed by atoms with van der Waals surface area (Å²) in [5.74, 6) is 0.228. The lowest BCUT2D eigenvalue weighted by Gasteiger charge is -2.11. The van der Waals surface area contributed by atoms with Gasteiger partial charge in [-0.3, -0.25) is 15.1 Å². The van der Waals surface area contributed by atoms with Crippen molar-refractivity contribution < 1.29 is 9.66 Å². The summed E-state index contributed by atoms with van der Waals surface area (Å²) < 4.78 is 5.68. The van der Waals surface area contributed by atoms with Gasteiger partial charge in [0.15, 0.2) is 0 Å². The van der Waals surface area contributed by atoms with Crippen molar-refractivity contribution in [2.24, 2.45) is 0 Å². The van der Waals surface area contributed by atoms with Crippen molar-refractivity contribution in [1.29, 1.82) is 0 Å². The summed E-state index contributed by atoms with van der Waals surface area (Å²) in [7, 11) is 0. The summed E-state index contributed by atoms with van der Waals surface area (Å²) in [6.45, 7) is 3.71.